The number of nitrogens with zero attached hydrogens (tertiary/aromatic N) is 1. The van der Waals surface area contributed by atoms with Gasteiger partial charge in [-0.1, -0.05) is 0 Å². The van der Waals surface area contributed by atoms with Gasteiger partial charge >= 0.3 is 0 Å². The van der Waals surface area contributed by atoms with E-state index in [1.807, 2.05) is 0 Å². The molecule has 0 unspecified atom stereocenters. The van der Waals surface area contributed by atoms with Crippen LogP contribution in [0.4, 0.5) is 4.39 Å². The Bertz CT molecular complexity index is 601. The van der Waals surface area contributed by atoms with E-state index in [1.54, 1.807) is 12.4 Å². The van der Waals surface area contributed by atoms with Crippen LogP contribution < -0.4 is 10.1 Å². The van der Waals surface area contributed by atoms with Gasteiger partial charge < -0.3 is 15.2 Å². The van der Waals surface area contributed by atoms with Crippen LogP contribution in [0.3, 0.4) is 0 Å². The van der Waals surface area contributed by atoms with Crippen LogP contribution in [-0.4, -0.2) is 35.3 Å². The molecule has 1 amide bonds. The van der Waals surface area contributed by atoms with Gasteiger partial charge in [-0.05, 0) is 31.2 Å². The van der Waals surface area contributed by atoms with Gasteiger partial charge in [-0.3, -0.25) is 4.79 Å². The minimum atomic E-state index is -0.854. The Labute approximate surface area is 125 Å². The molecule has 112 valence electrons. The van der Waals surface area contributed by atoms with Gasteiger partial charge in [-0.25, -0.2) is 9.37 Å². The number of rotatable bonds is 6. The number of hydrogen-bond acceptors (Lipinski definition) is 5. The molecule has 7 heteroatoms. The van der Waals surface area contributed by atoms with Gasteiger partial charge in [0.1, 0.15) is 29.2 Å². The van der Waals surface area contributed by atoms with E-state index in [-0.39, 0.29) is 24.9 Å². The quantitative estimate of drug-likeness (QED) is 0.853. The van der Waals surface area contributed by atoms with E-state index in [2.05, 4.69) is 10.3 Å². The van der Waals surface area contributed by atoms with Crippen molar-refractivity contribution >= 4 is 17.2 Å². The first-order chi connectivity index (χ1) is 10.1. The number of hydrogen-bond donors (Lipinski definition) is 2. The summed E-state index contributed by atoms with van der Waals surface area (Å²) in [5, 5.41) is 12.4. The summed E-state index contributed by atoms with van der Waals surface area (Å²) in [7, 11) is 0. The van der Waals surface area contributed by atoms with Crippen molar-refractivity contribution in [1.82, 2.24) is 10.3 Å². The van der Waals surface area contributed by atoms with Crippen molar-refractivity contribution in [3.63, 3.8) is 0 Å². The molecular weight excluding hydrogens is 295 g/mol. The first kappa shape index (κ1) is 15.4. The standard InChI is InChI=1S/C14H15FN2O3S/c1-9-13(21-8-17-9)14(19)16-6-11(18)7-20-12-4-2-10(15)3-5-12/h2-5,8,11,18H,6-7H2,1H3,(H,16,19)/t11-/m0/s1. The SMILES string of the molecule is Cc1ncsc1C(=O)NC[C@H](O)COc1ccc(F)cc1. The van der Waals surface area contributed by atoms with Crippen LogP contribution in [0, 0.1) is 12.7 Å². The number of halogens is 1. The summed E-state index contributed by atoms with van der Waals surface area (Å²) in [4.78, 5) is 16.3. The summed E-state index contributed by atoms with van der Waals surface area (Å²) in [6, 6.07) is 5.49. The summed E-state index contributed by atoms with van der Waals surface area (Å²) in [5.74, 6) is -0.161. The van der Waals surface area contributed by atoms with E-state index in [1.165, 1.54) is 35.6 Å². The van der Waals surface area contributed by atoms with Gasteiger partial charge in [0.15, 0.2) is 0 Å². The molecule has 0 bridgehead atoms. The van der Waals surface area contributed by atoms with Crippen LogP contribution in [-0.2, 0) is 0 Å². The minimum absolute atomic E-state index is 0.00752. The summed E-state index contributed by atoms with van der Waals surface area (Å²) in [6.45, 7) is 1.82. The van der Waals surface area contributed by atoms with E-state index in [4.69, 9.17) is 4.74 Å². The lowest BCUT2D eigenvalue weighted by Crippen LogP contribution is -2.35. The van der Waals surface area contributed by atoms with E-state index in [0.29, 0.717) is 16.3 Å². The van der Waals surface area contributed by atoms with Crippen LogP contribution >= 0.6 is 11.3 Å². The average molecular weight is 310 g/mol. The first-order valence-corrected chi connectivity index (χ1v) is 7.19. The molecule has 0 spiro atoms. The highest BCUT2D eigenvalue weighted by Crippen LogP contribution is 2.12. The maximum Gasteiger partial charge on any atom is 0.263 e. The molecule has 0 aliphatic heterocycles. The fourth-order valence-corrected chi connectivity index (χ4v) is 2.31. The molecule has 5 nitrogen and oxygen atoms in total. The maximum atomic E-state index is 12.7. The third-order valence-corrected chi connectivity index (χ3v) is 3.63. The molecule has 0 fully saturated rings. The Morgan fingerprint density at radius 1 is 1.48 bits per heavy atom. The predicted octanol–water partition coefficient (Wildman–Crippen LogP) is 1.76. The molecular formula is C14H15FN2O3S. The molecule has 1 aromatic carbocycles. The van der Waals surface area contributed by atoms with Crippen molar-refractivity contribution in [3.05, 3.63) is 46.2 Å². The lowest BCUT2D eigenvalue weighted by Gasteiger charge is -2.13. The summed E-state index contributed by atoms with van der Waals surface area (Å²) >= 11 is 1.25. The molecule has 0 saturated heterocycles. The highest BCUT2D eigenvalue weighted by molar-refractivity contribution is 7.11. The second-order valence-corrected chi connectivity index (χ2v) is 5.25. The smallest absolute Gasteiger partial charge is 0.263 e. The van der Waals surface area contributed by atoms with Crippen LogP contribution in [0.15, 0.2) is 29.8 Å². The summed E-state index contributed by atoms with van der Waals surface area (Å²) in [5.41, 5.74) is 2.26. The fourth-order valence-electron chi connectivity index (χ4n) is 1.59. The lowest BCUT2D eigenvalue weighted by molar-refractivity contribution is 0.0846. The second kappa shape index (κ2) is 7.14. The van der Waals surface area contributed by atoms with Gasteiger partial charge in [-0.15, -0.1) is 11.3 Å². The van der Waals surface area contributed by atoms with Crippen LogP contribution in [0.1, 0.15) is 15.4 Å². The second-order valence-electron chi connectivity index (χ2n) is 4.40. The summed E-state index contributed by atoms with van der Waals surface area (Å²) < 4.78 is 18.0. The van der Waals surface area contributed by atoms with Crippen LogP contribution in [0.25, 0.3) is 0 Å². The zero-order chi connectivity index (χ0) is 15.2. The molecule has 0 saturated carbocycles. The van der Waals surface area contributed by atoms with Crippen molar-refractivity contribution in [1.29, 1.82) is 0 Å². The molecule has 2 rings (SSSR count). The highest BCUT2D eigenvalue weighted by Gasteiger charge is 2.13. The number of aliphatic hydroxyl groups is 1. The van der Waals surface area contributed by atoms with Gasteiger partial charge in [-0.2, -0.15) is 0 Å². The highest BCUT2D eigenvalue weighted by atomic mass is 32.1. The largest absolute Gasteiger partial charge is 0.491 e. The molecule has 1 atom stereocenters. The Hall–Kier alpha value is -1.99. The molecule has 21 heavy (non-hydrogen) atoms. The molecule has 1 aromatic heterocycles. The molecule has 0 aliphatic carbocycles. The van der Waals surface area contributed by atoms with Gasteiger partial charge in [0.25, 0.3) is 5.91 Å². The van der Waals surface area contributed by atoms with Crippen LogP contribution in [0.5, 0.6) is 5.75 Å². The van der Waals surface area contributed by atoms with E-state index in [9.17, 15) is 14.3 Å². The number of aromatic nitrogens is 1. The number of aliphatic hydroxyl groups excluding tert-OH is 1. The van der Waals surface area contributed by atoms with Crippen molar-refractivity contribution < 1.29 is 19.0 Å². The number of benzene rings is 1. The van der Waals surface area contributed by atoms with Crippen molar-refractivity contribution in [2.45, 2.75) is 13.0 Å². The summed E-state index contributed by atoms with van der Waals surface area (Å²) in [6.07, 6.45) is -0.854. The van der Waals surface area contributed by atoms with Crippen molar-refractivity contribution in [2.24, 2.45) is 0 Å². The Balaban J connectivity index is 1.75. The minimum Gasteiger partial charge on any atom is -0.491 e. The third-order valence-electron chi connectivity index (χ3n) is 2.71. The third kappa shape index (κ3) is 4.51. The van der Waals surface area contributed by atoms with Crippen molar-refractivity contribution in [2.75, 3.05) is 13.2 Å². The predicted molar refractivity (Wildman–Crippen MR) is 77.1 cm³/mol. The molecule has 0 radical (unpaired) electrons. The molecule has 2 aromatic rings. The number of thiazole rings is 1. The number of aryl methyl sites for hydroxylation is 1. The van der Waals surface area contributed by atoms with Gasteiger partial charge in [0.2, 0.25) is 0 Å². The number of nitrogens with one attached hydrogen (secondary N) is 1. The fraction of sp³-hybridized carbons (Fsp3) is 0.286. The Morgan fingerprint density at radius 3 is 2.81 bits per heavy atom. The Kier molecular flexibility index (Phi) is 5.24. The average Bonchev–Trinajstić information content (AvgIpc) is 2.90. The van der Waals surface area contributed by atoms with Crippen molar-refractivity contribution in [3.8, 4) is 5.75 Å². The number of amides is 1. The van der Waals surface area contributed by atoms with E-state index in [0.717, 1.165) is 0 Å². The normalized spacial score (nSPS) is 12.0. The lowest BCUT2D eigenvalue weighted by atomic mass is 10.3. The van der Waals surface area contributed by atoms with E-state index < -0.39 is 6.10 Å². The number of carbonyl (C=O) groups is 1. The van der Waals surface area contributed by atoms with Gasteiger partial charge in [0, 0.05) is 6.54 Å². The monoisotopic (exact) mass is 310 g/mol. The zero-order valence-corrected chi connectivity index (χ0v) is 12.2. The number of carbonyl (C=O) groups excluding carboxylic acids is 1. The topological polar surface area (TPSA) is 71.5 Å². The van der Waals surface area contributed by atoms with Crippen LogP contribution in [0.2, 0.25) is 0 Å². The first-order valence-electron chi connectivity index (χ1n) is 6.31. The molecule has 0 aliphatic rings. The van der Waals surface area contributed by atoms with E-state index >= 15 is 0 Å². The van der Waals surface area contributed by atoms with Gasteiger partial charge in [0.05, 0.1) is 11.2 Å². The number of ether oxygens (including phenoxy) is 1. The molecule has 1 heterocycles. The molecule has 2 N–H and O–H groups in total. The Morgan fingerprint density at radius 2 is 2.19 bits per heavy atom. The zero-order valence-electron chi connectivity index (χ0n) is 11.4. The maximum absolute atomic E-state index is 12.7.